The number of nitrogens with one attached hydrogen (secondary N) is 1. The molecular formula is C19H23N5O3. The number of benzene rings is 1. The summed E-state index contributed by atoms with van der Waals surface area (Å²) < 4.78 is 1.76. The van der Waals surface area contributed by atoms with Crippen LogP contribution >= 0.6 is 0 Å². The molecule has 0 bridgehead atoms. The number of rotatable bonds is 4. The van der Waals surface area contributed by atoms with Crippen LogP contribution in [0.5, 0.6) is 0 Å². The molecule has 1 atom stereocenters. The van der Waals surface area contributed by atoms with Crippen LogP contribution in [0.2, 0.25) is 0 Å². The van der Waals surface area contributed by atoms with Crippen LogP contribution in [0, 0.1) is 0 Å². The van der Waals surface area contributed by atoms with Gasteiger partial charge in [0, 0.05) is 45.0 Å². The van der Waals surface area contributed by atoms with Gasteiger partial charge in [-0.3, -0.25) is 19.1 Å². The Morgan fingerprint density at radius 2 is 1.96 bits per heavy atom. The lowest BCUT2D eigenvalue weighted by Gasteiger charge is -2.40. The molecule has 3 rings (SSSR count). The normalized spacial score (nSPS) is 16.9. The van der Waals surface area contributed by atoms with Gasteiger partial charge < -0.3 is 15.1 Å². The van der Waals surface area contributed by atoms with E-state index in [-0.39, 0.29) is 24.3 Å². The highest BCUT2D eigenvalue weighted by atomic mass is 16.2. The Bertz CT molecular complexity index is 834. The Labute approximate surface area is 157 Å². The van der Waals surface area contributed by atoms with Crippen molar-refractivity contribution in [2.24, 2.45) is 0 Å². The number of likely N-dealkylation sites (N-methyl/N-ethyl adjacent to an activating group) is 1. The molecule has 1 aliphatic heterocycles. The molecule has 0 saturated carbocycles. The van der Waals surface area contributed by atoms with E-state index < -0.39 is 6.04 Å². The highest BCUT2D eigenvalue weighted by Gasteiger charge is 2.35. The fraction of sp³-hybridized carbons (Fsp3) is 0.368. The monoisotopic (exact) mass is 369 g/mol. The highest BCUT2D eigenvalue weighted by molar-refractivity contribution is 5.97. The van der Waals surface area contributed by atoms with E-state index in [1.807, 2.05) is 30.5 Å². The average Bonchev–Trinajstić information content (AvgIpc) is 3.19. The summed E-state index contributed by atoms with van der Waals surface area (Å²) in [6.45, 7) is 2.82. The van der Waals surface area contributed by atoms with E-state index in [0.29, 0.717) is 25.2 Å². The number of nitrogens with zero attached hydrogens (tertiary/aromatic N) is 4. The molecule has 0 radical (unpaired) electrons. The Morgan fingerprint density at radius 3 is 2.63 bits per heavy atom. The molecule has 0 unspecified atom stereocenters. The van der Waals surface area contributed by atoms with Crippen LogP contribution in [-0.2, 0) is 16.1 Å². The van der Waals surface area contributed by atoms with Gasteiger partial charge in [-0.25, -0.2) is 0 Å². The molecule has 8 heteroatoms. The molecule has 2 heterocycles. The molecule has 1 aromatic heterocycles. The maximum Gasteiger partial charge on any atom is 0.254 e. The van der Waals surface area contributed by atoms with Gasteiger partial charge in [-0.1, -0.05) is 18.2 Å². The van der Waals surface area contributed by atoms with Gasteiger partial charge in [0.15, 0.2) is 0 Å². The van der Waals surface area contributed by atoms with Crippen molar-refractivity contribution >= 4 is 17.7 Å². The van der Waals surface area contributed by atoms with Crippen molar-refractivity contribution in [3.63, 3.8) is 0 Å². The molecule has 1 aromatic carbocycles. The van der Waals surface area contributed by atoms with Crippen LogP contribution in [0.1, 0.15) is 22.8 Å². The smallest absolute Gasteiger partial charge is 0.254 e. The van der Waals surface area contributed by atoms with E-state index in [9.17, 15) is 14.4 Å². The lowest BCUT2D eigenvalue weighted by Crippen LogP contribution is -2.60. The van der Waals surface area contributed by atoms with Crippen LogP contribution in [0.4, 0.5) is 0 Å². The van der Waals surface area contributed by atoms with Crippen LogP contribution in [0.3, 0.4) is 0 Å². The molecule has 27 heavy (non-hydrogen) atoms. The van der Waals surface area contributed by atoms with Crippen molar-refractivity contribution in [1.82, 2.24) is 24.9 Å². The predicted octanol–water partition coefficient (Wildman–Crippen LogP) is 0.350. The minimum Gasteiger partial charge on any atom is -0.357 e. The maximum absolute atomic E-state index is 13.1. The summed E-state index contributed by atoms with van der Waals surface area (Å²) in [6, 6.07) is 8.55. The van der Waals surface area contributed by atoms with Gasteiger partial charge in [-0.2, -0.15) is 5.10 Å². The second kappa shape index (κ2) is 8.03. The van der Waals surface area contributed by atoms with E-state index in [2.05, 4.69) is 10.4 Å². The Balaban J connectivity index is 1.82. The molecule has 0 spiro atoms. The summed E-state index contributed by atoms with van der Waals surface area (Å²) >= 11 is 0. The van der Waals surface area contributed by atoms with Crippen LogP contribution in [0.15, 0.2) is 42.7 Å². The predicted molar refractivity (Wildman–Crippen MR) is 98.9 cm³/mol. The first-order valence-electron chi connectivity index (χ1n) is 8.84. The number of hydrogen-bond acceptors (Lipinski definition) is 4. The second-order valence-corrected chi connectivity index (χ2v) is 6.45. The van der Waals surface area contributed by atoms with E-state index in [1.54, 1.807) is 21.8 Å². The minimum absolute atomic E-state index is 0.144. The number of hydrogen-bond donors (Lipinski definition) is 1. The number of piperazine rings is 1. The third kappa shape index (κ3) is 3.99. The first-order valence-corrected chi connectivity index (χ1v) is 8.84. The third-order valence-corrected chi connectivity index (χ3v) is 4.76. The summed E-state index contributed by atoms with van der Waals surface area (Å²) in [5, 5.41) is 6.77. The molecular weight excluding hydrogens is 346 g/mol. The van der Waals surface area contributed by atoms with Crippen LogP contribution in [0.25, 0.3) is 0 Å². The second-order valence-electron chi connectivity index (χ2n) is 6.45. The third-order valence-electron chi connectivity index (χ3n) is 4.76. The van der Waals surface area contributed by atoms with Gasteiger partial charge >= 0.3 is 0 Å². The number of aromatic nitrogens is 2. The zero-order chi connectivity index (χ0) is 19.4. The lowest BCUT2D eigenvalue weighted by atomic mass is 10.0. The first-order chi connectivity index (χ1) is 13.0. The van der Waals surface area contributed by atoms with Gasteiger partial charge in [0.1, 0.15) is 6.04 Å². The zero-order valence-corrected chi connectivity index (χ0v) is 15.5. The molecule has 2 aromatic rings. The Morgan fingerprint density at radius 1 is 1.19 bits per heavy atom. The van der Waals surface area contributed by atoms with E-state index >= 15 is 0 Å². The fourth-order valence-corrected chi connectivity index (χ4v) is 3.34. The van der Waals surface area contributed by atoms with E-state index in [4.69, 9.17) is 0 Å². The number of carbonyl (C=O) groups excluding carboxylic acids is 3. The summed E-state index contributed by atoms with van der Waals surface area (Å²) in [5.41, 5.74) is 1.44. The van der Waals surface area contributed by atoms with Crippen molar-refractivity contribution in [1.29, 1.82) is 0 Å². The standard InChI is InChI=1S/C19H23N5O3/c1-14(25)24-11-10-22(13-17(24)18(26)20-2)19(27)16-7-4-3-6-15(16)12-23-9-5-8-21-23/h3-9,17H,10-13H2,1-2H3,(H,20,26)/t17-/m1/s1. The fourth-order valence-electron chi connectivity index (χ4n) is 3.34. The summed E-state index contributed by atoms with van der Waals surface area (Å²) in [6.07, 6.45) is 3.54. The van der Waals surface area contributed by atoms with Crippen LogP contribution in [-0.4, -0.2) is 70.0 Å². The van der Waals surface area contributed by atoms with Gasteiger partial charge in [0.2, 0.25) is 11.8 Å². The van der Waals surface area contributed by atoms with Gasteiger partial charge in [0.25, 0.3) is 5.91 Å². The summed E-state index contributed by atoms with van der Waals surface area (Å²) in [4.78, 5) is 40.3. The number of carbonyl (C=O) groups is 3. The summed E-state index contributed by atoms with van der Waals surface area (Å²) in [5.74, 6) is -0.586. The maximum atomic E-state index is 13.1. The topological polar surface area (TPSA) is 87.5 Å². The largest absolute Gasteiger partial charge is 0.357 e. The molecule has 142 valence electrons. The lowest BCUT2D eigenvalue weighted by molar-refractivity contribution is -0.141. The van der Waals surface area contributed by atoms with E-state index in [1.165, 1.54) is 18.9 Å². The van der Waals surface area contributed by atoms with Crippen molar-refractivity contribution in [3.05, 3.63) is 53.9 Å². The SMILES string of the molecule is CNC(=O)[C@H]1CN(C(=O)c2ccccc2Cn2cccn2)CCN1C(C)=O. The Hall–Kier alpha value is -3.16. The minimum atomic E-state index is -0.677. The molecule has 3 amide bonds. The van der Waals surface area contributed by atoms with Crippen molar-refractivity contribution in [3.8, 4) is 0 Å². The van der Waals surface area contributed by atoms with Crippen molar-refractivity contribution in [2.75, 3.05) is 26.7 Å². The number of amides is 3. The molecule has 0 aliphatic carbocycles. The molecule has 1 aliphatic rings. The van der Waals surface area contributed by atoms with Crippen molar-refractivity contribution < 1.29 is 14.4 Å². The average molecular weight is 369 g/mol. The summed E-state index contributed by atoms with van der Waals surface area (Å²) in [7, 11) is 1.53. The molecule has 1 fully saturated rings. The molecule has 1 N–H and O–H groups in total. The van der Waals surface area contributed by atoms with Gasteiger partial charge in [0.05, 0.1) is 13.1 Å². The zero-order valence-electron chi connectivity index (χ0n) is 15.5. The van der Waals surface area contributed by atoms with Gasteiger partial charge in [-0.05, 0) is 17.7 Å². The highest BCUT2D eigenvalue weighted by Crippen LogP contribution is 2.17. The first kappa shape index (κ1) is 18.6. The molecule has 1 saturated heterocycles. The molecule has 8 nitrogen and oxygen atoms in total. The van der Waals surface area contributed by atoms with E-state index in [0.717, 1.165) is 5.56 Å². The quantitative estimate of drug-likeness (QED) is 0.842. The van der Waals surface area contributed by atoms with Crippen molar-refractivity contribution in [2.45, 2.75) is 19.5 Å². The Kier molecular flexibility index (Phi) is 5.54. The van der Waals surface area contributed by atoms with Gasteiger partial charge in [-0.15, -0.1) is 0 Å². The van der Waals surface area contributed by atoms with Crippen LogP contribution < -0.4 is 5.32 Å².